The predicted octanol–water partition coefficient (Wildman–Crippen LogP) is 2.09. The van der Waals surface area contributed by atoms with Gasteiger partial charge in [-0.1, -0.05) is 5.21 Å². The predicted molar refractivity (Wildman–Crippen MR) is 115 cm³/mol. The number of rotatable bonds is 6. The van der Waals surface area contributed by atoms with E-state index < -0.39 is 0 Å². The highest BCUT2D eigenvalue weighted by atomic mass is 35.5. The second-order valence-electron chi connectivity index (χ2n) is 7.56. The van der Waals surface area contributed by atoms with Crippen LogP contribution in [0.15, 0.2) is 18.2 Å². The quantitative estimate of drug-likeness (QED) is 0.642. The Kier molecular flexibility index (Phi) is 6.94. The molecule has 162 valence electrons. The summed E-state index contributed by atoms with van der Waals surface area (Å²) in [6, 6.07) is 5.47. The molecule has 1 saturated carbocycles. The molecule has 10 heteroatoms. The Morgan fingerprint density at radius 3 is 2.57 bits per heavy atom. The second kappa shape index (κ2) is 9.44. The summed E-state index contributed by atoms with van der Waals surface area (Å²) in [5.41, 5.74) is 1.79. The van der Waals surface area contributed by atoms with E-state index in [2.05, 4.69) is 26.3 Å². The van der Waals surface area contributed by atoms with Gasteiger partial charge in [-0.2, -0.15) is 0 Å². The lowest BCUT2D eigenvalue weighted by molar-refractivity contribution is 0.0951. The fourth-order valence-electron chi connectivity index (χ4n) is 3.57. The average Bonchev–Trinajstić information content (AvgIpc) is 3.47. The van der Waals surface area contributed by atoms with E-state index in [4.69, 9.17) is 4.74 Å². The summed E-state index contributed by atoms with van der Waals surface area (Å²) < 4.78 is 7.07. The van der Waals surface area contributed by atoms with Crippen molar-refractivity contribution in [2.24, 2.45) is 0 Å². The van der Waals surface area contributed by atoms with Crippen LogP contribution in [0.2, 0.25) is 0 Å². The van der Waals surface area contributed by atoms with Gasteiger partial charge in [0.1, 0.15) is 5.75 Å². The summed E-state index contributed by atoms with van der Waals surface area (Å²) >= 11 is 0. The maximum absolute atomic E-state index is 12.9. The first-order valence-electron chi connectivity index (χ1n) is 9.99. The molecule has 0 radical (unpaired) electrons. The first-order valence-corrected chi connectivity index (χ1v) is 9.99. The topological polar surface area (TPSA) is 110 Å². The molecule has 2 heterocycles. The molecule has 0 atom stereocenters. The number of hydrogen-bond donors (Lipinski definition) is 3. The van der Waals surface area contributed by atoms with E-state index in [1.807, 2.05) is 11.6 Å². The molecule has 2 fully saturated rings. The number of ether oxygens (including phenoxy) is 1. The number of methoxy groups -OCH3 is 1. The van der Waals surface area contributed by atoms with Crippen LogP contribution in [0.4, 0.5) is 5.69 Å². The Bertz CT molecular complexity index is 921. The van der Waals surface area contributed by atoms with Gasteiger partial charge < -0.3 is 20.7 Å². The molecule has 0 spiro atoms. The molecule has 1 aliphatic carbocycles. The molecule has 0 bridgehead atoms. The summed E-state index contributed by atoms with van der Waals surface area (Å²) in [5.74, 6) is -0.0536. The Labute approximate surface area is 181 Å². The van der Waals surface area contributed by atoms with Gasteiger partial charge in [-0.3, -0.25) is 9.59 Å². The average molecular weight is 435 g/mol. The first-order chi connectivity index (χ1) is 14.1. The summed E-state index contributed by atoms with van der Waals surface area (Å²) in [6.07, 6.45) is 3.87. The molecule has 30 heavy (non-hydrogen) atoms. The van der Waals surface area contributed by atoms with E-state index in [1.54, 1.807) is 25.3 Å². The molecular weight excluding hydrogens is 408 g/mol. The maximum Gasteiger partial charge on any atom is 0.278 e. The van der Waals surface area contributed by atoms with Crippen molar-refractivity contribution < 1.29 is 14.3 Å². The molecule has 2 amide bonds. The highest BCUT2D eigenvalue weighted by Crippen LogP contribution is 2.26. The molecule has 3 N–H and O–H groups in total. The van der Waals surface area contributed by atoms with Crippen LogP contribution in [0, 0.1) is 6.92 Å². The number of nitrogens with zero attached hydrogens (tertiary/aromatic N) is 3. The lowest BCUT2D eigenvalue weighted by atomic mass is 10.1. The second-order valence-corrected chi connectivity index (χ2v) is 7.56. The fourth-order valence-corrected chi connectivity index (χ4v) is 3.57. The number of amides is 2. The fraction of sp³-hybridized carbons (Fsp3) is 0.500. The highest BCUT2D eigenvalue weighted by Gasteiger charge is 2.27. The molecule has 2 aliphatic rings. The van der Waals surface area contributed by atoms with Crippen LogP contribution in [-0.2, 0) is 0 Å². The van der Waals surface area contributed by atoms with Crippen LogP contribution in [-0.4, -0.2) is 53.0 Å². The van der Waals surface area contributed by atoms with Crippen molar-refractivity contribution in [3.8, 4) is 5.75 Å². The van der Waals surface area contributed by atoms with Crippen LogP contribution < -0.4 is 20.7 Å². The zero-order chi connectivity index (χ0) is 20.4. The number of carbonyl (C=O) groups is 2. The van der Waals surface area contributed by atoms with E-state index in [9.17, 15) is 9.59 Å². The van der Waals surface area contributed by atoms with Gasteiger partial charge >= 0.3 is 0 Å². The third kappa shape index (κ3) is 4.73. The van der Waals surface area contributed by atoms with Crippen molar-refractivity contribution in [2.45, 2.75) is 44.7 Å². The summed E-state index contributed by atoms with van der Waals surface area (Å²) in [4.78, 5) is 25.5. The van der Waals surface area contributed by atoms with Crippen molar-refractivity contribution in [1.29, 1.82) is 0 Å². The van der Waals surface area contributed by atoms with Gasteiger partial charge in [0.25, 0.3) is 11.8 Å². The van der Waals surface area contributed by atoms with Crippen molar-refractivity contribution in [3.05, 3.63) is 35.2 Å². The van der Waals surface area contributed by atoms with Gasteiger partial charge in [0.2, 0.25) is 0 Å². The number of anilines is 1. The molecule has 2 aromatic rings. The van der Waals surface area contributed by atoms with E-state index in [0.29, 0.717) is 17.0 Å². The van der Waals surface area contributed by atoms with Crippen molar-refractivity contribution in [1.82, 2.24) is 25.6 Å². The third-order valence-corrected chi connectivity index (χ3v) is 5.43. The Balaban J connectivity index is 0.00000256. The largest absolute Gasteiger partial charge is 0.497 e. The lowest BCUT2D eigenvalue weighted by Gasteiger charge is -2.23. The van der Waals surface area contributed by atoms with Crippen molar-refractivity contribution in [2.75, 3.05) is 25.5 Å². The monoisotopic (exact) mass is 434 g/mol. The van der Waals surface area contributed by atoms with E-state index in [1.165, 1.54) is 0 Å². The van der Waals surface area contributed by atoms with Gasteiger partial charge in [0.05, 0.1) is 30.1 Å². The van der Waals surface area contributed by atoms with Crippen LogP contribution in [0.25, 0.3) is 0 Å². The molecule has 4 rings (SSSR count). The highest BCUT2D eigenvalue weighted by molar-refractivity contribution is 6.08. The molecule has 1 aliphatic heterocycles. The number of carbonyl (C=O) groups excluding carboxylic acids is 2. The Morgan fingerprint density at radius 2 is 1.90 bits per heavy atom. The van der Waals surface area contributed by atoms with Crippen molar-refractivity contribution in [3.63, 3.8) is 0 Å². The van der Waals surface area contributed by atoms with Gasteiger partial charge in [-0.05, 0) is 63.9 Å². The molecule has 1 aromatic carbocycles. The Hall–Kier alpha value is -2.65. The zero-order valence-corrected chi connectivity index (χ0v) is 17.9. The Morgan fingerprint density at radius 1 is 1.17 bits per heavy atom. The van der Waals surface area contributed by atoms with E-state index in [-0.39, 0.29) is 42.0 Å². The van der Waals surface area contributed by atoms with Crippen molar-refractivity contribution >= 4 is 29.9 Å². The first kappa shape index (κ1) is 22.0. The molecule has 1 aromatic heterocycles. The number of halogens is 1. The smallest absolute Gasteiger partial charge is 0.278 e. The molecule has 0 unspecified atom stereocenters. The van der Waals surface area contributed by atoms with Gasteiger partial charge in [0, 0.05) is 6.04 Å². The summed E-state index contributed by atoms with van der Waals surface area (Å²) in [6.45, 7) is 3.71. The minimum absolute atomic E-state index is 0. The number of aromatic nitrogens is 3. The van der Waals surface area contributed by atoms with Gasteiger partial charge in [0.15, 0.2) is 5.69 Å². The maximum atomic E-state index is 12.9. The van der Waals surface area contributed by atoms with Crippen LogP contribution in [0.5, 0.6) is 5.75 Å². The van der Waals surface area contributed by atoms with Crippen LogP contribution in [0.1, 0.15) is 58.3 Å². The van der Waals surface area contributed by atoms with Gasteiger partial charge in [-0.25, -0.2) is 4.68 Å². The third-order valence-electron chi connectivity index (χ3n) is 5.43. The van der Waals surface area contributed by atoms with Gasteiger partial charge in [-0.15, -0.1) is 17.5 Å². The molecule has 1 saturated heterocycles. The standard InChI is InChI=1S/C20H26N6O3.ClH/c1-12-18(24-25-26(12)14-7-9-21-10-8-14)20(28)23-17-6-5-15(29-2)11-16(17)19(27)22-13-3-4-13;/h5-6,11,13-14,21H,3-4,7-10H2,1-2H3,(H,22,27)(H,23,28);1H. The number of benzene rings is 1. The normalized spacial score (nSPS) is 16.5. The minimum Gasteiger partial charge on any atom is -0.497 e. The number of nitrogens with one attached hydrogen (secondary N) is 3. The van der Waals surface area contributed by atoms with Crippen LogP contribution >= 0.6 is 12.4 Å². The lowest BCUT2D eigenvalue weighted by Crippen LogP contribution is -2.30. The molecule has 9 nitrogen and oxygen atoms in total. The van der Waals surface area contributed by atoms with E-state index >= 15 is 0 Å². The van der Waals surface area contributed by atoms with E-state index in [0.717, 1.165) is 44.5 Å². The summed E-state index contributed by atoms with van der Waals surface area (Å²) in [7, 11) is 1.54. The number of piperidine rings is 1. The van der Waals surface area contributed by atoms with Crippen LogP contribution in [0.3, 0.4) is 0 Å². The molecular formula is C20H27ClN6O3. The SMILES string of the molecule is COc1ccc(NC(=O)c2nnn(C3CCNCC3)c2C)c(C(=O)NC2CC2)c1.Cl. The zero-order valence-electron chi connectivity index (χ0n) is 17.1. The minimum atomic E-state index is -0.381. The number of hydrogen-bond acceptors (Lipinski definition) is 6. The summed E-state index contributed by atoms with van der Waals surface area (Å²) in [5, 5.41) is 17.4.